The molecule has 3 nitrogen and oxygen atoms in total. The largest absolute Gasteiger partial charge is 1.00 e. The highest BCUT2D eigenvalue weighted by molar-refractivity contribution is 6.42. The lowest BCUT2D eigenvalue weighted by molar-refractivity contribution is -0.929. The fourth-order valence-corrected chi connectivity index (χ4v) is 4.35. The van der Waals surface area contributed by atoms with Crippen LogP contribution >= 0.6 is 23.2 Å². The van der Waals surface area contributed by atoms with Crippen LogP contribution in [-0.4, -0.2) is 30.5 Å². The van der Waals surface area contributed by atoms with Gasteiger partial charge in [0.2, 0.25) is 5.91 Å². The minimum Gasteiger partial charge on any atom is -1.00 e. The Labute approximate surface area is 196 Å². The highest BCUT2D eigenvalue weighted by atomic mass is 35.5. The third-order valence-electron chi connectivity index (χ3n) is 5.75. The maximum absolute atomic E-state index is 12.2. The molecule has 0 aliphatic heterocycles. The quantitative estimate of drug-likeness (QED) is 0.511. The van der Waals surface area contributed by atoms with Gasteiger partial charge in [-0.05, 0) is 61.6 Å². The minimum atomic E-state index is -0.179. The van der Waals surface area contributed by atoms with Crippen LogP contribution in [0.4, 0.5) is 5.69 Å². The van der Waals surface area contributed by atoms with Crippen LogP contribution in [0.5, 0.6) is 0 Å². The molecule has 1 saturated carbocycles. The molecule has 30 heavy (non-hydrogen) atoms. The molecule has 2 aromatic rings. The van der Waals surface area contributed by atoms with Gasteiger partial charge in [-0.15, -0.1) is 0 Å². The molecule has 2 aromatic carbocycles. The first-order valence-corrected chi connectivity index (χ1v) is 10.9. The summed E-state index contributed by atoms with van der Waals surface area (Å²) in [5, 5.41) is 3.87. The summed E-state index contributed by atoms with van der Waals surface area (Å²) in [5.41, 5.74) is 2.91. The van der Waals surface area contributed by atoms with Gasteiger partial charge in [0.25, 0.3) is 0 Å². The standard InChI is InChI=1S/C24H28Cl2N2O.ClH/c1-28(2,21-6-4-3-5-7-21)17-19-8-12-20(13-9-19)27-24(29)15-11-18-10-14-22(25)23(26)16-18;/h8-16,21H,3-7,17H2,1-2H3;1H/b15-11+;. The monoisotopic (exact) mass is 466 g/mol. The van der Waals surface area contributed by atoms with Crippen LogP contribution in [0.1, 0.15) is 43.2 Å². The van der Waals surface area contributed by atoms with Crippen molar-refractivity contribution >= 4 is 40.9 Å². The average molecular weight is 468 g/mol. The molecule has 0 unspecified atom stereocenters. The summed E-state index contributed by atoms with van der Waals surface area (Å²) in [4.78, 5) is 12.2. The number of nitrogens with one attached hydrogen (secondary N) is 1. The maximum atomic E-state index is 12.2. The summed E-state index contributed by atoms with van der Waals surface area (Å²) in [6, 6.07) is 14.2. The van der Waals surface area contributed by atoms with Crippen LogP contribution < -0.4 is 17.7 Å². The first-order valence-electron chi connectivity index (χ1n) is 10.2. The third kappa shape index (κ3) is 7.02. The van der Waals surface area contributed by atoms with E-state index in [0.29, 0.717) is 10.0 Å². The van der Waals surface area contributed by atoms with Crippen LogP contribution in [0.25, 0.3) is 6.08 Å². The summed E-state index contributed by atoms with van der Waals surface area (Å²) in [7, 11) is 4.67. The Morgan fingerprint density at radius 3 is 2.33 bits per heavy atom. The molecule has 0 atom stereocenters. The highest BCUT2D eigenvalue weighted by Gasteiger charge is 2.29. The number of rotatable bonds is 6. The number of benzene rings is 2. The number of carbonyl (C=O) groups is 1. The Bertz CT molecular complexity index is 873. The lowest BCUT2D eigenvalue weighted by Gasteiger charge is -2.40. The van der Waals surface area contributed by atoms with Crippen molar-refractivity contribution in [3.63, 3.8) is 0 Å². The van der Waals surface area contributed by atoms with Gasteiger partial charge in [0.05, 0.1) is 30.2 Å². The smallest absolute Gasteiger partial charge is 0.248 e. The lowest BCUT2D eigenvalue weighted by atomic mass is 9.92. The van der Waals surface area contributed by atoms with E-state index in [1.807, 2.05) is 18.2 Å². The zero-order chi connectivity index (χ0) is 20.9. The van der Waals surface area contributed by atoms with Gasteiger partial charge in [0.1, 0.15) is 6.54 Å². The van der Waals surface area contributed by atoms with Gasteiger partial charge in [-0.2, -0.15) is 0 Å². The van der Waals surface area contributed by atoms with Crippen LogP contribution in [0.2, 0.25) is 10.0 Å². The summed E-state index contributed by atoms with van der Waals surface area (Å²) >= 11 is 11.9. The number of amides is 1. The van der Waals surface area contributed by atoms with E-state index in [9.17, 15) is 4.79 Å². The van der Waals surface area contributed by atoms with Crippen molar-refractivity contribution in [2.45, 2.75) is 44.7 Å². The number of carbonyl (C=O) groups excluding carboxylic acids is 1. The molecule has 1 N–H and O–H groups in total. The molecule has 3 rings (SSSR count). The van der Waals surface area contributed by atoms with Crippen molar-refractivity contribution in [2.24, 2.45) is 0 Å². The third-order valence-corrected chi connectivity index (χ3v) is 6.48. The maximum Gasteiger partial charge on any atom is 0.248 e. The Morgan fingerprint density at radius 1 is 1.03 bits per heavy atom. The van der Waals surface area contributed by atoms with E-state index >= 15 is 0 Å². The molecule has 1 aliphatic rings. The van der Waals surface area contributed by atoms with Gasteiger partial charge in [-0.3, -0.25) is 4.79 Å². The van der Waals surface area contributed by atoms with E-state index in [1.54, 1.807) is 18.2 Å². The van der Waals surface area contributed by atoms with E-state index in [4.69, 9.17) is 23.2 Å². The molecule has 0 saturated heterocycles. The van der Waals surface area contributed by atoms with Gasteiger partial charge < -0.3 is 22.2 Å². The fourth-order valence-electron chi connectivity index (χ4n) is 4.05. The molecule has 0 spiro atoms. The molecule has 0 bridgehead atoms. The van der Waals surface area contributed by atoms with Crippen molar-refractivity contribution in [3.8, 4) is 0 Å². The van der Waals surface area contributed by atoms with E-state index in [1.165, 1.54) is 43.7 Å². The van der Waals surface area contributed by atoms with Gasteiger partial charge in [-0.1, -0.05) is 47.8 Å². The summed E-state index contributed by atoms with van der Waals surface area (Å²) in [5.74, 6) is -0.179. The predicted molar refractivity (Wildman–Crippen MR) is 123 cm³/mol. The second-order valence-electron chi connectivity index (χ2n) is 8.42. The first-order chi connectivity index (χ1) is 13.8. The minimum absolute atomic E-state index is 0. The second kappa shape index (κ2) is 11.2. The molecule has 0 heterocycles. The van der Waals surface area contributed by atoms with E-state index in [2.05, 4.69) is 31.5 Å². The molecule has 162 valence electrons. The Balaban J connectivity index is 0.00000320. The van der Waals surface area contributed by atoms with Crippen LogP contribution in [0.3, 0.4) is 0 Å². The van der Waals surface area contributed by atoms with E-state index < -0.39 is 0 Å². The molecule has 1 amide bonds. The van der Waals surface area contributed by atoms with Gasteiger partial charge in [0, 0.05) is 17.3 Å². The Hall–Kier alpha value is -1.52. The predicted octanol–water partition coefficient (Wildman–Crippen LogP) is 3.56. The van der Waals surface area contributed by atoms with E-state index in [0.717, 1.165) is 28.3 Å². The SMILES string of the molecule is C[N+](C)(Cc1ccc(NC(=O)/C=C/c2ccc(Cl)c(Cl)c2)cc1)C1CCCCC1.[Cl-]. The summed E-state index contributed by atoms with van der Waals surface area (Å²) in [6.45, 7) is 1.01. The number of hydrogen-bond acceptors (Lipinski definition) is 1. The van der Waals surface area contributed by atoms with Gasteiger partial charge >= 0.3 is 0 Å². The topological polar surface area (TPSA) is 29.1 Å². The van der Waals surface area contributed by atoms with Crippen molar-refractivity contribution in [2.75, 3.05) is 19.4 Å². The van der Waals surface area contributed by atoms with E-state index in [-0.39, 0.29) is 18.3 Å². The molecule has 0 radical (unpaired) electrons. The van der Waals surface area contributed by atoms with Crippen LogP contribution in [0.15, 0.2) is 48.5 Å². The summed E-state index contributed by atoms with van der Waals surface area (Å²) in [6.07, 6.45) is 9.95. The lowest BCUT2D eigenvalue weighted by Crippen LogP contribution is -3.00. The molecular weight excluding hydrogens is 439 g/mol. The highest BCUT2D eigenvalue weighted by Crippen LogP contribution is 2.28. The molecule has 1 fully saturated rings. The molecule has 6 heteroatoms. The number of halogens is 3. The Morgan fingerprint density at radius 2 is 1.70 bits per heavy atom. The first kappa shape index (κ1) is 24.7. The second-order valence-corrected chi connectivity index (χ2v) is 9.24. The fraction of sp³-hybridized carbons (Fsp3) is 0.375. The summed E-state index contributed by atoms with van der Waals surface area (Å²) < 4.78 is 1.03. The van der Waals surface area contributed by atoms with Crippen LogP contribution in [0, 0.1) is 0 Å². The zero-order valence-corrected chi connectivity index (χ0v) is 19.8. The average Bonchev–Trinajstić information content (AvgIpc) is 2.71. The molecule has 0 aromatic heterocycles. The number of nitrogens with zero attached hydrogens (tertiary/aromatic N) is 1. The zero-order valence-electron chi connectivity index (χ0n) is 17.5. The van der Waals surface area contributed by atoms with Gasteiger partial charge in [-0.25, -0.2) is 0 Å². The molecular formula is C24H29Cl3N2O. The molecule has 1 aliphatic carbocycles. The number of hydrogen-bond donors (Lipinski definition) is 1. The van der Waals surface area contributed by atoms with Crippen molar-refractivity contribution < 1.29 is 21.7 Å². The number of anilines is 1. The number of quaternary nitrogens is 1. The van der Waals surface area contributed by atoms with Crippen LogP contribution in [-0.2, 0) is 11.3 Å². The Kier molecular flexibility index (Phi) is 9.24. The van der Waals surface area contributed by atoms with Crippen molar-refractivity contribution in [3.05, 3.63) is 69.7 Å². The van der Waals surface area contributed by atoms with Crippen molar-refractivity contribution in [1.29, 1.82) is 0 Å². The van der Waals surface area contributed by atoms with Crippen molar-refractivity contribution in [1.82, 2.24) is 0 Å². The normalized spacial score (nSPS) is 15.1. The van der Waals surface area contributed by atoms with Gasteiger partial charge in [0.15, 0.2) is 0 Å².